The molecule has 0 radical (unpaired) electrons. The van der Waals surface area contributed by atoms with E-state index < -0.39 is 0 Å². The highest BCUT2D eigenvalue weighted by molar-refractivity contribution is 5.50. The average Bonchev–Trinajstić information content (AvgIpc) is 2.38. The molecule has 0 saturated carbocycles. The van der Waals surface area contributed by atoms with Crippen molar-refractivity contribution in [1.82, 2.24) is 0 Å². The summed E-state index contributed by atoms with van der Waals surface area (Å²) >= 11 is 0. The summed E-state index contributed by atoms with van der Waals surface area (Å²) in [5.74, 6) is 1.02. The molecule has 0 heterocycles. The maximum Gasteiger partial charge on any atom is 0.0456 e. The maximum atomic E-state index is 8.93. The number of benzene rings is 1. The van der Waals surface area contributed by atoms with Gasteiger partial charge in [-0.3, -0.25) is 0 Å². The number of aliphatic hydroxyl groups excluding tert-OH is 1. The fraction of sp³-hybridized carbons (Fsp3) is 0.529. The van der Waals surface area contributed by atoms with Crippen LogP contribution in [0.5, 0.6) is 0 Å². The Hall–Kier alpha value is -1.08. The first kappa shape index (κ1) is 15.0. The van der Waals surface area contributed by atoms with Crippen molar-refractivity contribution in [3.05, 3.63) is 41.5 Å². The van der Waals surface area contributed by atoms with Gasteiger partial charge in [-0.05, 0) is 42.2 Å². The first-order valence-electron chi connectivity index (χ1n) is 7.01. The molecule has 0 amide bonds. The number of aliphatic hydroxyl groups is 1. The fourth-order valence-electron chi connectivity index (χ4n) is 1.92. The van der Waals surface area contributed by atoms with Gasteiger partial charge in [-0.2, -0.15) is 0 Å². The second-order valence-corrected chi connectivity index (χ2v) is 5.45. The van der Waals surface area contributed by atoms with Gasteiger partial charge < -0.3 is 5.11 Å². The predicted octanol–water partition coefficient (Wildman–Crippen LogP) is 4.62. The van der Waals surface area contributed by atoms with E-state index in [9.17, 15) is 0 Å². The lowest BCUT2D eigenvalue weighted by molar-refractivity contribution is 0.228. The van der Waals surface area contributed by atoms with Crippen molar-refractivity contribution >= 4 is 6.08 Å². The monoisotopic (exact) mass is 246 g/mol. The zero-order valence-electron chi connectivity index (χ0n) is 11.9. The summed E-state index contributed by atoms with van der Waals surface area (Å²) in [5.41, 5.74) is 2.68. The maximum absolute atomic E-state index is 8.93. The Morgan fingerprint density at radius 2 is 2.00 bits per heavy atom. The first-order valence-corrected chi connectivity index (χ1v) is 7.01. The molecule has 0 saturated heterocycles. The molecule has 0 aliphatic carbocycles. The topological polar surface area (TPSA) is 20.2 Å². The molecule has 0 spiro atoms. The van der Waals surface area contributed by atoms with Gasteiger partial charge in [0.1, 0.15) is 0 Å². The molecule has 1 N–H and O–H groups in total. The van der Waals surface area contributed by atoms with Gasteiger partial charge in [0.05, 0.1) is 0 Å². The van der Waals surface area contributed by atoms with Crippen LogP contribution in [0.4, 0.5) is 0 Å². The zero-order valence-corrected chi connectivity index (χ0v) is 11.9. The lowest BCUT2D eigenvalue weighted by atomic mass is 10.0. The van der Waals surface area contributed by atoms with E-state index in [0.717, 1.165) is 19.3 Å². The summed E-state index contributed by atoms with van der Waals surface area (Å²) in [6.07, 6.45) is 7.80. The minimum Gasteiger partial charge on any atom is -0.396 e. The standard InChI is InChI=1S/C17H26O/c1-14(2)17-11-7-10-16(12-17)9-6-4-5-8-15(3)13-18/h6-7,9-12,14-15,18H,4-5,8,13H2,1-3H3/t15-/m0/s1. The minimum absolute atomic E-state index is 0.306. The van der Waals surface area contributed by atoms with Crippen LogP contribution in [0.1, 0.15) is 57.1 Å². The van der Waals surface area contributed by atoms with Gasteiger partial charge in [0.15, 0.2) is 0 Å². The van der Waals surface area contributed by atoms with Crippen LogP contribution in [-0.2, 0) is 0 Å². The number of hydrogen-bond acceptors (Lipinski definition) is 1. The number of rotatable bonds is 7. The van der Waals surface area contributed by atoms with Crippen LogP contribution >= 0.6 is 0 Å². The first-order chi connectivity index (χ1) is 8.63. The molecule has 1 nitrogen and oxygen atoms in total. The van der Waals surface area contributed by atoms with Crippen molar-refractivity contribution in [3.63, 3.8) is 0 Å². The minimum atomic E-state index is 0.306. The SMILES string of the molecule is CC(C)c1cccc(C=CCCC[C@H](C)CO)c1. The lowest BCUT2D eigenvalue weighted by Crippen LogP contribution is -1.99. The molecule has 1 atom stereocenters. The molecule has 0 unspecified atom stereocenters. The van der Waals surface area contributed by atoms with Crippen LogP contribution in [0.25, 0.3) is 6.08 Å². The highest BCUT2D eigenvalue weighted by Crippen LogP contribution is 2.16. The van der Waals surface area contributed by atoms with Crippen molar-refractivity contribution in [2.75, 3.05) is 6.61 Å². The molecule has 1 aromatic rings. The van der Waals surface area contributed by atoms with Crippen LogP contribution in [0, 0.1) is 5.92 Å². The van der Waals surface area contributed by atoms with Gasteiger partial charge in [-0.1, -0.05) is 57.2 Å². The van der Waals surface area contributed by atoms with Gasteiger partial charge in [0.2, 0.25) is 0 Å². The molecule has 0 aliphatic rings. The molecule has 18 heavy (non-hydrogen) atoms. The Morgan fingerprint density at radius 3 is 2.67 bits per heavy atom. The van der Waals surface area contributed by atoms with Gasteiger partial charge in [0.25, 0.3) is 0 Å². The fourth-order valence-corrected chi connectivity index (χ4v) is 1.92. The van der Waals surface area contributed by atoms with E-state index in [1.807, 2.05) is 0 Å². The number of allylic oxidation sites excluding steroid dienone is 1. The van der Waals surface area contributed by atoms with Crippen molar-refractivity contribution in [1.29, 1.82) is 0 Å². The van der Waals surface area contributed by atoms with E-state index in [2.05, 4.69) is 57.2 Å². The third kappa shape index (κ3) is 5.50. The molecule has 100 valence electrons. The Bertz CT molecular complexity index is 366. The largest absolute Gasteiger partial charge is 0.396 e. The third-order valence-corrected chi connectivity index (χ3v) is 3.27. The van der Waals surface area contributed by atoms with E-state index in [-0.39, 0.29) is 0 Å². The average molecular weight is 246 g/mol. The van der Waals surface area contributed by atoms with Crippen LogP contribution in [0.15, 0.2) is 30.3 Å². The summed E-state index contributed by atoms with van der Waals surface area (Å²) in [6.45, 7) is 6.84. The summed E-state index contributed by atoms with van der Waals surface area (Å²) in [6, 6.07) is 8.73. The molecular formula is C17H26O. The van der Waals surface area contributed by atoms with Gasteiger partial charge in [-0.25, -0.2) is 0 Å². The lowest BCUT2D eigenvalue weighted by Gasteiger charge is -2.06. The van der Waals surface area contributed by atoms with E-state index in [1.165, 1.54) is 11.1 Å². The predicted molar refractivity (Wildman–Crippen MR) is 79.7 cm³/mol. The van der Waals surface area contributed by atoms with Crippen molar-refractivity contribution in [2.45, 2.75) is 46.0 Å². The molecule has 0 bridgehead atoms. The third-order valence-electron chi connectivity index (χ3n) is 3.27. The summed E-state index contributed by atoms with van der Waals surface area (Å²) < 4.78 is 0. The quantitative estimate of drug-likeness (QED) is 0.696. The zero-order chi connectivity index (χ0) is 13.4. The molecule has 0 aromatic heterocycles. The molecule has 1 rings (SSSR count). The van der Waals surface area contributed by atoms with Crippen molar-refractivity contribution in [3.8, 4) is 0 Å². The Kier molecular flexibility index (Phi) is 6.74. The Labute approximate surface area is 112 Å². The summed E-state index contributed by atoms with van der Waals surface area (Å²) in [4.78, 5) is 0. The van der Waals surface area contributed by atoms with Gasteiger partial charge in [-0.15, -0.1) is 0 Å². The van der Waals surface area contributed by atoms with Crippen LogP contribution in [-0.4, -0.2) is 11.7 Å². The highest BCUT2D eigenvalue weighted by Gasteiger charge is 1.99. The van der Waals surface area contributed by atoms with Gasteiger partial charge >= 0.3 is 0 Å². The normalized spacial score (nSPS) is 13.4. The second-order valence-electron chi connectivity index (χ2n) is 5.45. The van der Waals surface area contributed by atoms with E-state index >= 15 is 0 Å². The smallest absolute Gasteiger partial charge is 0.0456 e. The van der Waals surface area contributed by atoms with E-state index in [0.29, 0.717) is 18.4 Å². The van der Waals surface area contributed by atoms with E-state index in [1.54, 1.807) is 0 Å². The molecule has 1 aromatic carbocycles. The number of hydrogen-bond donors (Lipinski definition) is 1. The van der Waals surface area contributed by atoms with Crippen LogP contribution in [0.3, 0.4) is 0 Å². The number of unbranched alkanes of at least 4 members (excludes halogenated alkanes) is 1. The van der Waals surface area contributed by atoms with Crippen LogP contribution < -0.4 is 0 Å². The Balaban J connectivity index is 2.40. The molecule has 0 aliphatic heterocycles. The Morgan fingerprint density at radius 1 is 1.22 bits per heavy atom. The summed E-state index contributed by atoms with van der Waals surface area (Å²) in [7, 11) is 0. The van der Waals surface area contributed by atoms with Gasteiger partial charge in [0, 0.05) is 6.61 Å². The van der Waals surface area contributed by atoms with Crippen molar-refractivity contribution in [2.24, 2.45) is 5.92 Å². The molecule has 0 fully saturated rings. The van der Waals surface area contributed by atoms with E-state index in [4.69, 9.17) is 5.11 Å². The van der Waals surface area contributed by atoms with Crippen LogP contribution in [0.2, 0.25) is 0 Å². The van der Waals surface area contributed by atoms with Crippen molar-refractivity contribution < 1.29 is 5.11 Å². The summed E-state index contributed by atoms with van der Waals surface area (Å²) in [5, 5.41) is 8.93. The highest BCUT2D eigenvalue weighted by atomic mass is 16.3. The molecule has 1 heteroatoms. The second kappa shape index (κ2) is 8.10. The molecular weight excluding hydrogens is 220 g/mol.